The summed E-state index contributed by atoms with van der Waals surface area (Å²) in [5.41, 5.74) is 16.6. The van der Waals surface area contributed by atoms with Crippen LogP contribution in [0.4, 0.5) is 17.1 Å². The molecule has 0 bridgehead atoms. The van der Waals surface area contributed by atoms with Crippen LogP contribution >= 0.6 is 0 Å². The summed E-state index contributed by atoms with van der Waals surface area (Å²) in [6, 6.07) is 87.7. The van der Waals surface area contributed by atoms with E-state index < -0.39 is 0 Å². The molecule has 0 atom stereocenters. The van der Waals surface area contributed by atoms with Crippen LogP contribution in [0, 0.1) is 0 Å². The average molecular weight is 765 g/mol. The van der Waals surface area contributed by atoms with Gasteiger partial charge in [0.2, 0.25) is 0 Å². The summed E-state index contributed by atoms with van der Waals surface area (Å²) in [6.45, 7) is 0. The van der Waals surface area contributed by atoms with Crippen molar-refractivity contribution in [3.8, 4) is 50.2 Å². The molecule has 0 aliphatic heterocycles. The monoisotopic (exact) mass is 764 g/mol. The first-order chi connectivity index (χ1) is 29.7. The maximum atomic E-state index is 2.39. The van der Waals surface area contributed by atoms with Gasteiger partial charge in [-0.05, 0) is 128 Å². The first kappa shape index (κ1) is 35.2. The molecule has 2 nitrogen and oxygen atoms in total. The molecule has 1 heterocycles. The Labute approximate surface area is 350 Å². The molecule has 2 heteroatoms. The Morgan fingerprint density at radius 1 is 0.250 bits per heavy atom. The molecule has 0 fully saturated rings. The molecule has 0 amide bonds. The average Bonchev–Trinajstić information content (AvgIpc) is 3.66. The van der Waals surface area contributed by atoms with E-state index >= 15 is 0 Å². The van der Waals surface area contributed by atoms with Crippen LogP contribution in [0.3, 0.4) is 0 Å². The summed E-state index contributed by atoms with van der Waals surface area (Å²) in [6.07, 6.45) is 0. The first-order valence-electron chi connectivity index (χ1n) is 20.6. The van der Waals surface area contributed by atoms with Gasteiger partial charge in [0.25, 0.3) is 0 Å². The standard InChI is InChI=1S/C58H40N2/c1-3-11-41(12-4-1)44-27-36-54(37-28-44)60-57-18-10-9-17-55(57)56-40-50(31-38-58(56)60)46-21-19-43(20-22-46)45-25-32-52(33-26-45)59(51-15-5-2-6-16-51)53-34-29-47(30-35-53)49-24-23-42-13-7-8-14-48(42)39-49/h1-40H. The van der Waals surface area contributed by atoms with E-state index in [1.54, 1.807) is 0 Å². The van der Waals surface area contributed by atoms with E-state index in [1.165, 1.54) is 77.1 Å². The molecule has 0 N–H and O–H groups in total. The number of hydrogen-bond donors (Lipinski definition) is 0. The van der Waals surface area contributed by atoms with Crippen LogP contribution in [0.15, 0.2) is 243 Å². The summed E-state index contributed by atoms with van der Waals surface area (Å²) < 4.78 is 2.39. The van der Waals surface area contributed by atoms with Gasteiger partial charge in [-0.15, -0.1) is 0 Å². The third-order valence-electron chi connectivity index (χ3n) is 11.8. The lowest BCUT2D eigenvalue weighted by Crippen LogP contribution is -2.09. The number of hydrogen-bond acceptors (Lipinski definition) is 1. The molecule has 60 heavy (non-hydrogen) atoms. The van der Waals surface area contributed by atoms with E-state index in [0.717, 1.165) is 22.7 Å². The van der Waals surface area contributed by atoms with Gasteiger partial charge in [-0.2, -0.15) is 0 Å². The minimum absolute atomic E-state index is 1.11. The maximum absolute atomic E-state index is 2.39. The van der Waals surface area contributed by atoms with Gasteiger partial charge >= 0.3 is 0 Å². The van der Waals surface area contributed by atoms with Crippen molar-refractivity contribution in [2.45, 2.75) is 0 Å². The van der Waals surface area contributed by atoms with Crippen molar-refractivity contribution in [3.05, 3.63) is 243 Å². The van der Waals surface area contributed by atoms with Gasteiger partial charge in [0.1, 0.15) is 0 Å². The third-order valence-corrected chi connectivity index (χ3v) is 11.8. The van der Waals surface area contributed by atoms with Crippen molar-refractivity contribution >= 4 is 49.6 Å². The molecule has 11 rings (SSSR count). The van der Waals surface area contributed by atoms with Gasteiger partial charge in [-0.1, -0.05) is 170 Å². The van der Waals surface area contributed by atoms with Gasteiger partial charge in [0.05, 0.1) is 11.0 Å². The van der Waals surface area contributed by atoms with E-state index in [0.29, 0.717) is 0 Å². The van der Waals surface area contributed by atoms with E-state index in [1.807, 2.05) is 0 Å². The fraction of sp³-hybridized carbons (Fsp3) is 0. The zero-order valence-corrected chi connectivity index (χ0v) is 33.0. The lowest BCUT2D eigenvalue weighted by molar-refractivity contribution is 1.18. The van der Waals surface area contributed by atoms with E-state index in [9.17, 15) is 0 Å². The Morgan fingerprint density at radius 3 is 1.32 bits per heavy atom. The second kappa shape index (κ2) is 15.1. The number of fused-ring (bicyclic) bond motifs is 4. The summed E-state index contributed by atoms with van der Waals surface area (Å²) in [7, 11) is 0. The molecule has 11 aromatic rings. The number of para-hydroxylation sites is 2. The van der Waals surface area contributed by atoms with Gasteiger partial charge in [0, 0.05) is 33.5 Å². The SMILES string of the molecule is c1ccc(-c2ccc(-n3c4ccccc4c4cc(-c5ccc(-c6ccc(N(c7ccccc7)c7ccc(-c8ccc9ccccc9c8)cc7)cc6)cc5)ccc43)cc2)cc1. The maximum Gasteiger partial charge on any atom is 0.0541 e. The molecule has 0 saturated heterocycles. The number of nitrogens with zero attached hydrogens (tertiary/aromatic N) is 2. The quantitative estimate of drug-likeness (QED) is 0.150. The van der Waals surface area contributed by atoms with E-state index in [-0.39, 0.29) is 0 Å². The molecule has 0 aliphatic carbocycles. The van der Waals surface area contributed by atoms with Crippen LogP contribution in [-0.2, 0) is 0 Å². The second-order valence-electron chi connectivity index (χ2n) is 15.4. The van der Waals surface area contributed by atoms with Crippen LogP contribution < -0.4 is 4.90 Å². The van der Waals surface area contributed by atoms with Crippen molar-refractivity contribution in [1.82, 2.24) is 4.57 Å². The van der Waals surface area contributed by atoms with Crippen molar-refractivity contribution in [2.75, 3.05) is 4.90 Å². The smallest absolute Gasteiger partial charge is 0.0541 e. The molecule has 10 aromatic carbocycles. The fourth-order valence-electron chi connectivity index (χ4n) is 8.72. The molecule has 1 aromatic heterocycles. The van der Waals surface area contributed by atoms with Crippen LogP contribution in [-0.4, -0.2) is 4.57 Å². The highest BCUT2D eigenvalue weighted by molar-refractivity contribution is 6.10. The number of aromatic nitrogens is 1. The van der Waals surface area contributed by atoms with Crippen LogP contribution in [0.25, 0.3) is 82.8 Å². The largest absolute Gasteiger partial charge is 0.311 e. The Hall–Kier alpha value is -7.94. The topological polar surface area (TPSA) is 8.17 Å². The second-order valence-corrected chi connectivity index (χ2v) is 15.4. The molecular weight excluding hydrogens is 725 g/mol. The molecule has 0 saturated carbocycles. The predicted molar refractivity (Wildman–Crippen MR) is 255 cm³/mol. The number of anilines is 3. The Morgan fingerprint density at radius 2 is 0.667 bits per heavy atom. The highest BCUT2D eigenvalue weighted by atomic mass is 15.1. The van der Waals surface area contributed by atoms with E-state index in [2.05, 4.69) is 252 Å². The van der Waals surface area contributed by atoms with Crippen molar-refractivity contribution in [3.63, 3.8) is 0 Å². The first-order valence-corrected chi connectivity index (χ1v) is 20.6. The van der Waals surface area contributed by atoms with Crippen LogP contribution in [0.5, 0.6) is 0 Å². The lowest BCUT2D eigenvalue weighted by atomic mass is 9.98. The summed E-state index contributed by atoms with van der Waals surface area (Å²) in [4.78, 5) is 2.32. The summed E-state index contributed by atoms with van der Waals surface area (Å²) >= 11 is 0. The van der Waals surface area contributed by atoms with E-state index in [4.69, 9.17) is 0 Å². The Bertz CT molecular complexity index is 3250. The summed E-state index contributed by atoms with van der Waals surface area (Å²) in [5, 5.41) is 5.01. The van der Waals surface area contributed by atoms with Crippen molar-refractivity contribution in [1.29, 1.82) is 0 Å². The minimum atomic E-state index is 1.11. The fourth-order valence-corrected chi connectivity index (χ4v) is 8.72. The van der Waals surface area contributed by atoms with Gasteiger partial charge in [-0.3, -0.25) is 0 Å². The zero-order valence-electron chi connectivity index (χ0n) is 33.0. The highest BCUT2D eigenvalue weighted by Crippen LogP contribution is 2.39. The number of benzene rings is 10. The molecule has 0 radical (unpaired) electrons. The molecule has 282 valence electrons. The molecular formula is C58H40N2. The van der Waals surface area contributed by atoms with Gasteiger partial charge in [-0.25, -0.2) is 0 Å². The molecule has 0 spiro atoms. The molecule has 0 unspecified atom stereocenters. The third kappa shape index (κ3) is 6.51. The van der Waals surface area contributed by atoms with Crippen LogP contribution in [0.2, 0.25) is 0 Å². The van der Waals surface area contributed by atoms with Crippen molar-refractivity contribution in [2.24, 2.45) is 0 Å². The minimum Gasteiger partial charge on any atom is -0.311 e. The van der Waals surface area contributed by atoms with Gasteiger partial charge < -0.3 is 9.47 Å². The predicted octanol–water partition coefficient (Wildman–Crippen LogP) is 16.1. The van der Waals surface area contributed by atoms with Gasteiger partial charge in [0.15, 0.2) is 0 Å². The zero-order chi connectivity index (χ0) is 39.8. The van der Waals surface area contributed by atoms with Crippen LogP contribution in [0.1, 0.15) is 0 Å². The van der Waals surface area contributed by atoms with Crippen molar-refractivity contribution < 1.29 is 0 Å². The Kier molecular flexibility index (Phi) is 8.87. The number of rotatable bonds is 8. The molecule has 0 aliphatic rings. The lowest BCUT2D eigenvalue weighted by Gasteiger charge is -2.26. The highest BCUT2D eigenvalue weighted by Gasteiger charge is 2.15. The summed E-state index contributed by atoms with van der Waals surface area (Å²) in [5.74, 6) is 0. The Balaban J connectivity index is 0.870. The normalized spacial score (nSPS) is 11.3.